The van der Waals surface area contributed by atoms with Crippen LogP contribution in [0, 0.1) is 0 Å². The third-order valence-electron chi connectivity index (χ3n) is 2.66. The number of thiazole rings is 1. The number of hydrogen-bond acceptors (Lipinski definition) is 4. The monoisotopic (exact) mass is 347 g/mol. The summed E-state index contributed by atoms with van der Waals surface area (Å²) < 4.78 is 2.13. The minimum atomic E-state index is -0.114. The maximum absolute atomic E-state index is 11.1. The quantitative estimate of drug-likeness (QED) is 0.759. The molecule has 0 fully saturated rings. The second kappa shape index (κ2) is 5.30. The molecule has 3 rings (SSSR count). The first kappa shape index (κ1) is 13.2. The SMILES string of the molecule is CC(=O)Nc1cncc(-c2nc3cc(Br)ccc3s2)c1. The van der Waals surface area contributed by atoms with E-state index in [1.54, 1.807) is 23.7 Å². The van der Waals surface area contributed by atoms with Gasteiger partial charge in [0.15, 0.2) is 0 Å². The Bertz CT molecular complexity index is 800. The summed E-state index contributed by atoms with van der Waals surface area (Å²) in [5.41, 5.74) is 2.52. The Morgan fingerprint density at radius 3 is 2.95 bits per heavy atom. The number of halogens is 1. The zero-order valence-electron chi connectivity index (χ0n) is 10.6. The van der Waals surface area contributed by atoms with E-state index in [0.717, 1.165) is 25.3 Å². The standard InChI is InChI=1S/C14H10BrN3OS/c1-8(19)17-11-4-9(6-16-7-11)14-18-12-5-10(15)2-3-13(12)20-14/h2-7H,1H3,(H,17,19). The van der Waals surface area contributed by atoms with Crippen molar-refractivity contribution < 1.29 is 4.79 Å². The Kier molecular flexibility index (Phi) is 3.50. The van der Waals surface area contributed by atoms with Gasteiger partial charge in [0.05, 0.1) is 22.1 Å². The molecule has 6 heteroatoms. The zero-order chi connectivity index (χ0) is 14.1. The van der Waals surface area contributed by atoms with Crippen molar-refractivity contribution in [2.24, 2.45) is 0 Å². The molecule has 2 heterocycles. The molecule has 100 valence electrons. The van der Waals surface area contributed by atoms with Crippen LogP contribution in [0.15, 0.2) is 41.1 Å². The Morgan fingerprint density at radius 1 is 1.30 bits per heavy atom. The number of rotatable bonds is 2. The number of amides is 1. The largest absolute Gasteiger partial charge is 0.325 e. The van der Waals surface area contributed by atoms with Gasteiger partial charge in [-0.1, -0.05) is 15.9 Å². The summed E-state index contributed by atoms with van der Waals surface area (Å²) in [7, 11) is 0. The first-order valence-corrected chi connectivity index (χ1v) is 7.52. The highest BCUT2D eigenvalue weighted by molar-refractivity contribution is 9.10. The van der Waals surface area contributed by atoms with Crippen LogP contribution in [0.1, 0.15) is 6.92 Å². The molecule has 3 aromatic rings. The van der Waals surface area contributed by atoms with Crippen molar-refractivity contribution in [1.29, 1.82) is 0 Å². The third kappa shape index (κ3) is 2.71. The first-order chi connectivity index (χ1) is 9.61. The summed E-state index contributed by atoms with van der Waals surface area (Å²) in [5.74, 6) is -0.114. The molecule has 0 aliphatic carbocycles. The van der Waals surface area contributed by atoms with Crippen LogP contribution in [0.25, 0.3) is 20.8 Å². The van der Waals surface area contributed by atoms with E-state index in [1.165, 1.54) is 6.92 Å². The molecule has 0 saturated heterocycles. The van der Waals surface area contributed by atoms with Crippen molar-refractivity contribution >= 4 is 49.1 Å². The van der Waals surface area contributed by atoms with Crippen molar-refractivity contribution in [1.82, 2.24) is 9.97 Å². The van der Waals surface area contributed by atoms with E-state index in [0.29, 0.717) is 5.69 Å². The smallest absolute Gasteiger partial charge is 0.221 e. The Hall–Kier alpha value is -1.79. The average Bonchev–Trinajstić information content (AvgIpc) is 2.81. The summed E-state index contributed by atoms with van der Waals surface area (Å²) >= 11 is 5.04. The van der Waals surface area contributed by atoms with Crippen LogP contribution in [-0.4, -0.2) is 15.9 Å². The fraction of sp³-hybridized carbons (Fsp3) is 0.0714. The van der Waals surface area contributed by atoms with Gasteiger partial charge in [-0.2, -0.15) is 0 Å². The summed E-state index contributed by atoms with van der Waals surface area (Å²) in [5, 5.41) is 3.61. The van der Waals surface area contributed by atoms with E-state index >= 15 is 0 Å². The number of anilines is 1. The molecule has 0 atom stereocenters. The van der Waals surface area contributed by atoms with Crippen LogP contribution in [0.2, 0.25) is 0 Å². The zero-order valence-corrected chi connectivity index (χ0v) is 13.0. The predicted molar refractivity (Wildman–Crippen MR) is 84.9 cm³/mol. The minimum Gasteiger partial charge on any atom is -0.325 e. The Balaban J connectivity index is 2.03. The molecule has 0 aliphatic heterocycles. The first-order valence-electron chi connectivity index (χ1n) is 5.91. The van der Waals surface area contributed by atoms with E-state index in [-0.39, 0.29) is 5.91 Å². The van der Waals surface area contributed by atoms with Gasteiger partial charge in [0, 0.05) is 23.2 Å². The lowest BCUT2D eigenvalue weighted by Crippen LogP contribution is -2.05. The van der Waals surface area contributed by atoms with Gasteiger partial charge in [-0.05, 0) is 24.3 Å². The molecular formula is C14H10BrN3OS. The fourth-order valence-electron chi connectivity index (χ4n) is 1.85. The molecule has 0 spiro atoms. The molecule has 0 bridgehead atoms. The van der Waals surface area contributed by atoms with E-state index < -0.39 is 0 Å². The number of hydrogen-bond donors (Lipinski definition) is 1. The highest BCUT2D eigenvalue weighted by Crippen LogP contribution is 2.32. The van der Waals surface area contributed by atoms with Gasteiger partial charge < -0.3 is 5.32 Å². The lowest BCUT2D eigenvalue weighted by molar-refractivity contribution is -0.114. The number of nitrogens with one attached hydrogen (secondary N) is 1. The van der Waals surface area contributed by atoms with Gasteiger partial charge in [0.1, 0.15) is 5.01 Å². The Morgan fingerprint density at radius 2 is 2.15 bits per heavy atom. The summed E-state index contributed by atoms with van der Waals surface area (Å²) in [6, 6.07) is 7.89. The highest BCUT2D eigenvalue weighted by Gasteiger charge is 2.08. The second-order valence-corrected chi connectivity index (χ2v) is 6.22. The van der Waals surface area contributed by atoms with Gasteiger partial charge in [-0.25, -0.2) is 4.98 Å². The van der Waals surface area contributed by atoms with Crippen LogP contribution in [-0.2, 0) is 4.79 Å². The van der Waals surface area contributed by atoms with E-state index in [9.17, 15) is 4.79 Å². The third-order valence-corrected chi connectivity index (χ3v) is 4.23. The summed E-state index contributed by atoms with van der Waals surface area (Å²) in [6.07, 6.45) is 3.37. The number of carbonyl (C=O) groups is 1. The number of aromatic nitrogens is 2. The van der Waals surface area contributed by atoms with E-state index in [1.807, 2.05) is 24.3 Å². The van der Waals surface area contributed by atoms with Crippen LogP contribution in [0.3, 0.4) is 0 Å². The van der Waals surface area contributed by atoms with Crippen LogP contribution < -0.4 is 5.32 Å². The summed E-state index contributed by atoms with van der Waals surface area (Å²) in [4.78, 5) is 19.8. The highest BCUT2D eigenvalue weighted by atomic mass is 79.9. The van der Waals surface area contributed by atoms with Crippen LogP contribution >= 0.6 is 27.3 Å². The predicted octanol–water partition coefficient (Wildman–Crippen LogP) is 4.08. The molecule has 4 nitrogen and oxygen atoms in total. The van der Waals surface area contributed by atoms with Gasteiger partial charge >= 0.3 is 0 Å². The van der Waals surface area contributed by atoms with E-state index in [2.05, 4.69) is 31.2 Å². The number of nitrogens with zero attached hydrogens (tertiary/aromatic N) is 2. The minimum absolute atomic E-state index is 0.114. The molecule has 0 aliphatic rings. The normalized spacial score (nSPS) is 10.7. The topological polar surface area (TPSA) is 54.9 Å². The molecular weight excluding hydrogens is 338 g/mol. The molecule has 0 saturated carbocycles. The van der Waals surface area contributed by atoms with Crippen molar-refractivity contribution in [3.8, 4) is 10.6 Å². The molecule has 1 N–H and O–H groups in total. The number of fused-ring (bicyclic) bond motifs is 1. The number of carbonyl (C=O) groups excluding carboxylic acids is 1. The molecule has 1 aromatic carbocycles. The number of pyridine rings is 1. The average molecular weight is 348 g/mol. The van der Waals surface area contributed by atoms with Gasteiger partial charge in [-0.15, -0.1) is 11.3 Å². The van der Waals surface area contributed by atoms with Crippen molar-refractivity contribution in [3.63, 3.8) is 0 Å². The maximum atomic E-state index is 11.1. The molecule has 2 aromatic heterocycles. The lowest BCUT2D eigenvalue weighted by atomic mass is 10.2. The fourth-order valence-corrected chi connectivity index (χ4v) is 3.13. The molecule has 0 unspecified atom stereocenters. The molecule has 0 radical (unpaired) electrons. The van der Waals surface area contributed by atoms with Crippen molar-refractivity contribution in [2.45, 2.75) is 6.92 Å². The molecule has 20 heavy (non-hydrogen) atoms. The van der Waals surface area contributed by atoms with Gasteiger partial charge in [0.25, 0.3) is 0 Å². The molecule has 1 amide bonds. The van der Waals surface area contributed by atoms with Gasteiger partial charge in [-0.3, -0.25) is 9.78 Å². The second-order valence-electron chi connectivity index (χ2n) is 4.27. The van der Waals surface area contributed by atoms with E-state index in [4.69, 9.17) is 0 Å². The van der Waals surface area contributed by atoms with Gasteiger partial charge in [0.2, 0.25) is 5.91 Å². The van der Waals surface area contributed by atoms with Crippen LogP contribution in [0.5, 0.6) is 0 Å². The van der Waals surface area contributed by atoms with Crippen molar-refractivity contribution in [2.75, 3.05) is 5.32 Å². The Labute approximate surface area is 128 Å². The maximum Gasteiger partial charge on any atom is 0.221 e. The summed E-state index contributed by atoms with van der Waals surface area (Å²) in [6.45, 7) is 1.47. The van der Waals surface area contributed by atoms with Crippen LogP contribution in [0.4, 0.5) is 5.69 Å². The van der Waals surface area contributed by atoms with Crippen molar-refractivity contribution in [3.05, 3.63) is 41.1 Å². The lowest BCUT2D eigenvalue weighted by Gasteiger charge is -2.02. The number of benzene rings is 1.